The molecule has 0 fully saturated rings. The molecule has 0 atom stereocenters. The van der Waals surface area contributed by atoms with E-state index in [1.807, 2.05) is 0 Å². The standard InChI is InChI=1S/C32H18N4O8S2/c33-35-25-17-29(21-11-1-3-13-23(21)31(25)37)45(39,40)43-27-15-7-5-9-19(27)20-10-6-8-16-28(20)44-46(41,42)30-18-26(36-34)32(38)24-14-4-2-12-22(24)30/h1-18H/p+2. The van der Waals surface area contributed by atoms with E-state index in [0.717, 1.165) is 12.1 Å². The first-order valence-corrected chi connectivity index (χ1v) is 16.1. The lowest BCUT2D eigenvalue weighted by Crippen LogP contribution is -2.12. The summed E-state index contributed by atoms with van der Waals surface area (Å²) in [6.45, 7) is 0. The smallest absolute Gasteiger partial charge is 0.428 e. The van der Waals surface area contributed by atoms with Crippen molar-refractivity contribution in [3.8, 4) is 34.1 Å². The summed E-state index contributed by atoms with van der Waals surface area (Å²) in [5.41, 5.74) is -0.490. The van der Waals surface area contributed by atoms with E-state index in [1.54, 1.807) is 36.4 Å². The van der Waals surface area contributed by atoms with Crippen LogP contribution in [0.1, 0.15) is 0 Å². The van der Waals surface area contributed by atoms with E-state index in [1.165, 1.54) is 60.7 Å². The predicted molar refractivity (Wildman–Crippen MR) is 168 cm³/mol. The molecule has 6 aromatic carbocycles. The van der Waals surface area contributed by atoms with Crippen molar-refractivity contribution in [2.24, 2.45) is 0 Å². The Kier molecular flexibility index (Phi) is 7.37. The van der Waals surface area contributed by atoms with Crippen LogP contribution < -0.4 is 8.37 Å². The number of rotatable bonds is 7. The summed E-state index contributed by atoms with van der Waals surface area (Å²) in [4.78, 5) is 5.21. The third-order valence-corrected chi connectivity index (χ3v) is 9.68. The van der Waals surface area contributed by atoms with Gasteiger partial charge in [-0.15, -0.1) is 0 Å². The fraction of sp³-hybridized carbons (Fsp3) is 0. The number of diazo groups is 2. The van der Waals surface area contributed by atoms with Crippen LogP contribution in [0, 0.1) is 10.8 Å². The number of nitrogens with zero attached hydrogens (tertiary/aromatic N) is 4. The van der Waals surface area contributed by atoms with E-state index in [4.69, 9.17) is 8.37 Å². The molecule has 0 heterocycles. The van der Waals surface area contributed by atoms with Gasteiger partial charge >= 0.3 is 31.6 Å². The summed E-state index contributed by atoms with van der Waals surface area (Å²) in [6, 6.07) is 25.9. The highest BCUT2D eigenvalue weighted by Gasteiger charge is 2.31. The van der Waals surface area contributed by atoms with Gasteiger partial charge in [0.25, 0.3) is 0 Å². The predicted octanol–water partition coefficient (Wildman–Crippen LogP) is 7.58. The lowest BCUT2D eigenvalue weighted by molar-refractivity contribution is 0.479. The van der Waals surface area contributed by atoms with Crippen molar-refractivity contribution in [2.75, 3.05) is 0 Å². The highest BCUT2D eigenvalue weighted by molar-refractivity contribution is 7.87. The Balaban J connectivity index is 1.44. The summed E-state index contributed by atoms with van der Waals surface area (Å²) in [7, 11) is -9.29. The molecule has 0 aromatic heterocycles. The molecule has 0 spiro atoms. The normalized spacial score (nSPS) is 11.5. The van der Waals surface area contributed by atoms with E-state index in [-0.39, 0.29) is 54.0 Å². The van der Waals surface area contributed by atoms with Crippen molar-refractivity contribution in [3.63, 3.8) is 0 Å². The summed E-state index contributed by atoms with van der Waals surface area (Å²) >= 11 is 0. The zero-order valence-electron chi connectivity index (χ0n) is 23.3. The van der Waals surface area contributed by atoms with Gasteiger partial charge in [-0.25, -0.2) is 0 Å². The maximum atomic E-state index is 13.7. The van der Waals surface area contributed by atoms with Crippen molar-refractivity contribution >= 4 is 53.2 Å². The molecule has 0 aliphatic heterocycles. The number of phenols is 2. The first-order chi connectivity index (χ1) is 22.1. The van der Waals surface area contributed by atoms with Gasteiger partial charge < -0.3 is 18.6 Å². The number of hydrogen-bond acceptors (Lipinski definition) is 10. The minimum atomic E-state index is -4.65. The van der Waals surface area contributed by atoms with Crippen LogP contribution in [-0.2, 0) is 20.2 Å². The number of para-hydroxylation sites is 2. The fourth-order valence-corrected chi connectivity index (χ4v) is 7.39. The molecule has 0 amide bonds. The molecule has 0 aliphatic rings. The van der Waals surface area contributed by atoms with Crippen LogP contribution in [0.5, 0.6) is 23.0 Å². The van der Waals surface area contributed by atoms with Crippen LogP contribution in [0.25, 0.3) is 42.6 Å². The molecule has 2 N–H and O–H groups in total. The summed E-state index contributed by atoms with van der Waals surface area (Å²) in [5.74, 6) is -1.23. The molecule has 0 saturated carbocycles. The second kappa shape index (κ2) is 11.4. The lowest BCUT2D eigenvalue weighted by atomic mass is 10.0. The number of phenolic OH excluding ortho intramolecular Hbond substituents is 2. The van der Waals surface area contributed by atoms with Gasteiger partial charge in [0.2, 0.25) is 22.3 Å². The third kappa shape index (κ3) is 5.13. The van der Waals surface area contributed by atoms with Crippen LogP contribution in [0.3, 0.4) is 0 Å². The Hall–Kier alpha value is -6.22. The lowest BCUT2D eigenvalue weighted by Gasteiger charge is -2.16. The molecule has 0 aliphatic carbocycles. The fourth-order valence-electron chi connectivity index (χ4n) is 5.04. The van der Waals surface area contributed by atoms with Crippen molar-refractivity contribution < 1.29 is 35.4 Å². The van der Waals surface area contributed by atoms with E-state index < -0.39 is 43.1 Å². The average Bonchev–Trinajstić information content (AvgIpc) is 3.05. The second-order valence-corrected chi connectivity index (χ2v) is 12.9. The molecule has 6 aromatic rings. The van der Waals surface area contributed by atoms with Gasteiger partial charge in [-0.1, -0.05) is 84.9 Å². The Labute approximate surface area is 261 Å². The highest BCUT2D eigenvalue weighted by Crippen LogP contribution is 2.43. The second-order valence-electron chi connectivity index (χ2n) is 9.84. The van der Waals surface area contributed by atoms with Crippen molar-refractivity contribution in [1.29, 1.82) is 10.8 Å². The zero-order valence-corrected chi connectivity index (χ0v) is 25.0. The molecule has 0 bridgehead atoms. The van der Waals surface area contributed by atoms with Crippen LogP contribution in [0.15, 0.2) is 119 Å². The summed E-state index contributed by atoms with van der Waals surface area (Å²) < 4.78 is 65.9. The molecule has 226 valence electrons. The van der Waals surface area contributed by atoms with Gasteiger partial charge in [-0.05, 0) is 12.1 Å². The topological polar surface area (TPSA) is 183 Å². The Morgan fingerprint density at radius 2 is 0.826 bits per heavy atom. The van der Waals surface area contributed by atoms with Gasteiger partial charge in [0.15, 0.2) is 21.5 Å². The van der Waals surface area contributed by atoms with Gasteiger partial charge in [-0.3, -0.25) is 0 Å². The van der Waals surface area contributed by atoms with Gasteiger partial charge in [-0.2, -0.15) is 16.8 Å². The largest absolute Gasteiger partial charge is 0.501 e. The number of fused-ring (bicyclic) bond motifs is 2. The van der Waals surface area contributed by atoms with Gasteiger partial charge in [0.1, 0.15) is 9.79 Å². The third-order valence-electron chi connectivity index (χ3n) is 7.13. The van der Waals surface area contributed by atoms with Crippen LogP contribution in [0.4, 0.5) is 11.4 Å². The molecule has 14 heteroatoms. The molecular formula is C32H20N4O8S2+2. The molecule has 12 nitrogen and oxygen atoms in total. The van der Waals surface area contributed by atoms with E-state index >= 15 is 0 Å². The number of aromatic hydroxyl groups is 2. The van der Waals surface area contributed by atoms with Gasteiger partial charge in [0, 0.05) is 32.7 Å². The first-order valence-electron chi connectivity index (χ1n) is 13.3. The molecular weight excluding hydrogens is 633 g/mol. The Morgan fingerprint density at radius 3 is 1.20 bits per heavy atom. The molecule has 6 rings (SSSR count). The quantitative estimate of drug-likeness (QED) is 0.129. The Morgan fingerprint density at radius 1 is 0.500 bits per heavy atom. The maximum Gasteiger partial charge on any atom is 0.428 e. The molecule has 46 heavy (non-hydrogen) atoms. The van der Waals surface area contributed by atoms with Crippen molar-refractivity contribution in [1.82, 2.24) is 0 Å². The molecule has 0 radical (unpaired) electrons. The zero-order chi connectivity index (χ0) is 32.6. The van der Waals surface area contributed by atoms with Gasteiger partial charge in [0.05, 0.1) is 12.1 Å². The summed E-state index contributed by atoms with van der Waals surface area (Å²) in [5, 5.41) is 40.1. The van der Waals surface area contributed by atoms with E-state index in [9.17, 15) is 37.8 Å². The minimum Gasteiger partial charge on any atom is -0.501 e. The van der Waals surface area contributed by atoms with Crippen LogP contribution >= 0.6 is 0 Å². The van der Waals surface area contributed by atoms with Crippen LogP contribution in [0.2, 0.25) is 0 Å². The number of hydrogen-bond donors (Lipinski definition) is 2. The van der Waals surface area contributed by atoms with Crippen molar-refractivity contribution in [3.05, 3.63) is 119 Å². The maximum absolute atomic E-state index is 13.7. The molecule has 0 unspecified atom stereocenters. The van der Waals surface area contributed by atoms with Crippen LogP contribution in [-0.4, -0.2) is 27.0 Å². The number of benzene rings is 6. The van der Waals surface area contributed by atoms with Crippen molar-refractivity contribution in [2.45, 2.75) is 9.79 Å². The Bertz CT molecular complexity index is 2350. The molecule has 0 saturated heterocycles. The first kappa shape index (κ1) is 29.8. The average molecular weight is 653 g/mol. The SMILES string of the molecule is N#[N+]c1cc(S(=O)(=O)Oc2ccccc2-c2ccccc2OS(=O)(=O)c2cc([N+]#N)c(O)c3ccccc23)c2ccccc2c1O. The monoisotopic (exact) mass is 652 g/mol. The summed E-state index contributed by atoms with van der Waals surface area (Å²) in [6.07, 6.45) is 0. The van der Waals surface area contributed by atoms with E-state index in [0.29, 0.717) is 0 Å². The highest BCUT2D eigenvalue weighted by atomic mass is 32.2. The van der Waals surface area contributed by atoms with E-state index in [2.05, 4.69) is 9.95 Å². The minimum absolute atomic E-state index is 0.106.